The molecule has 0 radical (unpaired) electrons. The summed E-state index contributed by atoms with van der Waals surface area (Å²) in [4.78, 5) is 23.9. The van der Waals surface area contributed by atoms with Gasteiger partial charge in [-0.2, -0.15) is 0 Å². The molecule has 4 rings (SSSR count). The molecule has 0 aromatic heterocycles. The first-order valence-corrected chi connectivity index (χ1v) is 12.3. The van der Waals surface area contributed by atoms with Gasteiger partial charge in [0.2, 0.25) is 0 Å². The standard InChI is InChI=1S/C28H38O5/c1-15(2)12-17-21-25(32)18(13-29)24(31)19(14-30)26(21)33-28(6)11-7-8-16(3)9-10-20-23(22(17)28)27(20,4)5/h8,13-15,17,20,22-23,31-32H,7,9-12H2,1-6H3/b16-8+/t17-,20+,22+,23-,28+/m1/s1. The number of hydrogen-bond acceptors (Lipinski definition) is 5. The molecular formula is C28H38O5. The lowest BCUT2D eigenvalue weighted by atomic mass is 9.64. The van der Waals surface area contributed by atoms with Crippen LogP contribution in [0.1, 0.15) is 106 Å². The lowest BCUT2D eigenvalue weighted by molar-refractivity contribution is -0.0348. The van der Waals surface area contributed by atoms with Crippen LogP contribution >= 0.6 is 0 Å². The van der Waals surface area contributed by atoms with Gasteiger partial charge in [0, 0.05) is 11.5 Å². The van der Waals surface area contributed by atoms with Crippen molar-refractivity contribution in [3.05, 3.63) is 28.3 Å². The Kier molecular flexibility index (Phi) is 5.91. The van der Waals surface area contributed by atoms with Crippen LogP contribution < -0.4 is 4.74 Å². The smallest absolute Gasteiger partial charge is 0.157 e. The topological polar surface area (TPSA) is 83.8 Å². The summed E-state index contributed by atoms with van der Waals surface area (Å²) >= 11 is 0. The normalized spacial score (nSPS) is 34.1. The number of ether oxygens (including phenoxy) is 1. The predicted octanol–water partition coefficient (Wildman–Crippen LogP) is 6.41. The van der Waals surface area contributed by atoms with Crippen molar-refractivity contribution in [3.8, 4) is 17.2 Å². The zero-order chi connectivity index (χ0) is 24.3. The van der Waals surface area contributed by atoms with Crippen molar-refractivity contribution < 1.29 is 24.5 Å². The van der Waals surface area contributed by atoms with Gasteiger partial charge >= 0.3 is 0 Å². The molecule has 2 aliphatic carbocycles. The van der Waals surface area contributed by atoms with Crippen LogP contribution in [0.15, 0.2) is 11.6 Å². The molecule has 180 valence electrons. The predicted molar refractivity (Wildman–Crippen MR) is 128 cm³/mol. The molecule has 0 bridgehead atoms. The van der Waals surface area contributed by atoms with Crippen molar-refractivity contribution in [1.29, 1.82) is 0 Å². The molecule has 5 atom stereocenters. The van der Waals surface area contributed by atoms with Gasteiger partial charge in [-0.1, -0.05) is 39.3 Å². The fraction of sp³-hybridized carbons (Fsp3) is 0.643. The number of fused-ring (bicyclic) bond motifs is 4. The first-order chi connectivity index (χ1) is 15.5. The number of aromatic hydroxyl groups is 2. The second-order valence-electron chi connectivity index (χ2n) is 11.8. The number of hydrogen-bond donors (Lipinski definition) is 2. The number of rotatable bonds is 4. The SMILES string of the molecule is C/C1=C\CC[C@]2(C)Oc3c(C=O)c(O)c(C=O)c(O)c3[C@@H](CC(C)C)[C@H]2[C@H]2[C@H](CC1)C2(C)C. The number of phenolic OH excluding ortho intramolecular Hbond substituents is 2. The summed E-state index contributed by atoms with van der Waals surface area (Å²) in [5.74, 6) is 0.888. The third-order valence-corrected chi connectivity index (χ3v) is 8.82. The number of carbonyl (C=O) groups is 2. The summed E-state index contributed by atoms with van der Waals surface area (Å²) in [6, 6.07) is 0. The highest BCUT2D eigenvalue weighted by Gasteiger charge is 2.66. The van der Waals surface area contributed by atoms with Crippen LogP contribution in [0.5, 0.6) is 17.2 Å². The Hall–Kier alpha value is -2.30. The number of aldehydes is 2. The monoisotopic (exact) mass is 454 g/mol. The Labute approximate surface area is 197 Å². The minimum atomic E-state index is -0.559. The van der Waals surface area contributed by atoms with E-state index in [1.54, 1.807) is 0 Å². The van der Waals surface area contributed by atoms with Crippen molar-refractivity contribution in [1.82, 2.24) is 0 Å². The van der Waals surface area contributed by atoms with E-state index < -0.39 is 11.4 Å². The third-order valence-electron chi connectivity index (χ3n) is 8.82. The third kappa shape index (κ3) is 3.68. The highest BCUT2D eigenvalue weighted by atomic mass is 16.5. The zero-order valence-electron chi connectivity index (χ0n) is 20.8. The summed E-state index contributed by atoms with van der Waals surface area (Å²) in [5.41, 5.74) is 1.28. The van der Waals surface area contributed by atoms with Gasteiger partial charge in [0.15, 0.2) is 12.6 Å². The van der Waals surface area contributed by atoms with Crippen molar-refractivity contribution in [2.24, 2.45) is 29.1 Å². The van der Waals surface area contributed by atoms with E-state index in [1.807, 2.05) is 0 Å². The summed E-state index contributed by atoms with van der Waals surface area (Å²) in [6.45, 7) is 13.3. The number of benzene rings is 1. The second-order valence-corrected chi connectivity index (χ2v) is 11.8. The first-order valence-electron chi connectivity index (χ1n) is 12.3. The number of allylic oxidation sites excluding steroid dienone is 2. The fourth-order valence-corrected chi connectivity index (χ4v) is 7.11. The maximum Gasteiger partial charge on any atom is 0.157 e. The van der Waals surface area contributed by atoms with E-state index in [9.17, 15) is 19.8 Å². The molecule has 1 saturated carbocycles. The second kappa shape index (κ2) is 8.18. The van der Waals surface area contributed by atoms with Crippen LogP contribution in [0.2, 0.25) is 0 Å². The van der Waals surface area contributed by atoms with Crippen LogP contribution in [-0.4, -0.2) is 28.4 Å². The molecular weight excluding hydrogens is 416 g/mol. The molecule has 1 fully saturated rings. The molecule has 0 amide bonds. The Morgan fingerprint density at radius 1 is 1.09 bits per heavy atom. The van der Waals surface area contributed by atoms with Crippen molar-refractivity contribution in [2.75, 3.05) is 0 Å². The molecule has 0 unspecified atom stereocenters. The van der Waals surface area contributed by atoms with Crippen molar-refractivity contribution in [3.63, 3.8) is 0 Å². The van der Waals surface area contributed by atoms with Gasteiger partial charge in [0.25, 0.3) is 0 Å². The molecule has 0 saturated heterocycles. The van der Waals surface area contributed by atoms with Crippen LogP contribution in [-0.2, 0) is 0 Å². The molecule has 3 aliphatic rings. The van der Waals surface area contributed by atoms with E-state index in [2.05, 4.69) is 47.6 Å². The number of carbonyl (C=O) groups excluding carboxylic acids is 2. The maximum atomic E-state index is 12.1. The summed E-state index contributed by atoms with van der Waals surface area (Å²) in [7, 11) is 0. The molecule has 1 aliphatic heterocycles. The van der Waals surface area contributed by atoms with E-state index in [0.29, 0.717) is 35.9 Å². The summed E-state index contributed by atoms with van der Waals surface area (Å²) in [5, 5.41) is 21.8. The van der Waals surface area contributed by atoms with Crippen molar-refractivity contribution >= 4 is 12.6 Å². The van der Waals surface area contributed by atoms with Crippen LogP contribution in [0, 0.1) is 29.1 Å². The van der Waals surface area contributed by atoms with Gasteiger partial charge in [-0.15, -0.1) is 0 Å². The van der Waals surface area contributed by atoms with Gasteiger partial charge in [-0.05, 0) is 75.0 Å². The van der Waals surface area contributed by atoms with Gasteiger partial charge < -0.3 is 14.9 Å². The molecule has 1 aromatic carbocycles. The Morgan fingerprint density at radius 3 is 2.36 bits per heavy atom. The Bertz CT molecular complexity index is 1000. The molecule has 2 N–H and O–H groups in total. The highest BCUT2D eigenvalue weighted by Crippen LogP contribution is 2.71. The average molecular weight is 455 g/mol. The van der Waals surface area contributed by atoms with Crippen LogP contribution in [0.4, 0.5) is 0 Å². The first kappa shape index (κ1) is 23.8. The summed E-state index contributed by atoms with van der Waals surface area (Å²) < 4.78 is 6.68. The van der Waals surface area contributed by atoms with Crippen LogP contribution in [0.3, 0.4) is 0 Å². The molecule has 0 spiro atoms. The van der Waals surface area contributed by atoms with Crippen molar-refractivity contribution in [2.45, 2.75) is 85.2 Å². The van der Waals surface area contributed by atoms with Gasteiger partial charge in [0.1, 0.15) is 22.8 Å². The van der Waals surface area contributed by atoms with E-state index in [-0.39, 0.29) is 39.9 Å². The minimum Gasteiger partial charge on any atom is -0.507 e. The highest BCUT2D eigenvalue weighted by molar-refractivity contribution is 5.95. The molecule has 33 heavy (non-hydrogen) atoms. The molecule has 1 heterocycles. The van der Waals surface area contributed by atoms with Gasteiger partial charge in [0.05, 0.1) is 11.1 Å². The van der Waals surface area contributed by atoms with E-state index >= 15 is 0 Å². The Morgan fingerprint density at radius 2 is 1.76 bits per heavy atom. The van der Waals surface area contributed by atoms with Gasteiger partial charge in [-0.3, -0.25) is 9.59 Å². The fourth-order valence-electron chi connectivity index (χ4n) is 7.11. The Balaban J connectivity index is 1.98. The minimum absolute atomic E-state index is 0.0336. The number of phenols is 2. The molecule has 1 aromatic rings. The van der Waals surface area contributed by atoms with E-state index in [0.717, 1.165) is 32.1 Å². The maximum absolute atomic E-state index is 12.1. The lowest BCUT2D eigenvalue weighted by Crippen LogP contribution is -2.49. The van der Waals surface area contributed by atoms with Crippen LogP contribution in [0.25, 0.3) is 0 Å². The largest absolute Gasteiger partial charge is 0.507 e. The molecule has 5 nitrogen and oxygen atoms in total. The quantitative estimate of drug-likeness (QED) is 0.405. The molecule has 5 heteroatoms. The van der Waals surface area contributed by atoms with E-state index in [1.165, 1.54) is 5.57 Å². The van der Waals surface area contributed by atoms with Gasteiger partial charge in [-0.25, -0.2) is 0 Å². The zero-order valence-corrected chi connectivity index (χ0v) is 20.8. The average Bonchev–Trinajstić information content (AvgIpc) is 3.25. The van der Waals surface area contributed by atoms with E-state index in [4.69, 9.17) is 4.74 Å². The lowest BCUT2D eigenvalue weighted by Gasteiger charge is -2.49. The summed E-state index contributed by atoms with van der Waals surface area (Å²) in [6.07, 6.45) is 7.99.